The van der Waals surface area contributed by atoms with Gasteiger partial charge in [-0.3, -0.25) is 4.79 Å². The number of rotatable bonds is 4. The molecule has 0 radical (unpaired) electrons. The molecular formula is C10H14N4O. The largest absolute Gasteiger partial charge is 0.391 e. The Balaban J connectivity index is 2.84. The molecule has 0 aromatic carbocycles. The number of anilines is 2. The highest BCUT2D eigenvalue weighted by molar-refractivity contribution is 5.59. The van der Waals surface area contributed by atoms with Crippen molar-refractivity contribution in [1.29, 1.82) is 0 Å². The number of nitrogens with one attached hydrogen (secondary N) is 2. The molecule has 1 aromatic heterocycles. The Morgan fingerprint density at radius 1 is 1.80 bits per heavy atom. The van der Waals surface area contributed by atoms with E-state index in [1.54, 1.807) is 0 Å². The summed E-state index contributed by atoms with van der Waals surface area (Å²) in [5.41, 5.74) is 5.31. The van der Waals surface area contributed by atoms with Crippen LogP contribution in [0.25, 0.3) is 0 Å². The summed E-state index contributed by atoms with van der Waals surface area (Å²) in [6.07, 6.45) is 7.95. The lowest BCUT2D eigenvalue weighted by Gasteiger charge is -2.15. The second-order valence-corrected chi connectivity index (χ2v) is 3.15. The zero-order chi connectivity index (χ0) is 11.3. The SMILES string of the molecule is C#CCC(CC)Nc1nc[nH]c(=O)c1N. The number of aromatic amines is 1. The van der Waals surface area contributed by atoms with E-state index in [1.807, 2.05) is 6.92 Å². The van der Waals surface area contributed by atoms with E-state index in [4.69, 9.17) is 12.2 Å². The zero-order valence-electron chi connectivity index (χ0n) is 8.58. The highest BCUT2D eigenvalue weighted by Gasteiger charge is 2.09. The molecule has 0 bridgehead atoms. The first-order valence-corrected chi connectivity index (χ1v) is 4.72. The van der Waals surface area contributed by atoms with Crippen LogP contribution in [0.2, 0.25) is 0 Å². The Hall–Kier alpha value is -1.96. The van der Waals surface area contributed by atoms with Gasteiger partial charge in [0.05, 0.1) is 6.33 Å². The van der Waals surface area contributed by atoms with Crippen LogP contribution in [0.1, 0.15) is 19.8 Å². The summed E-state index contributed by atoms with van der Waals surface area (Å²) in [5, 5.41) is 3.04. The maximum absolute atomic E-state index is 11.2. The van der Waals surface area contributed by atoms with Gasteiger partial charge in [0, 0.05) is 12.5 Å². The van der Waals surface area contributed by atoms with E-state index in [9.17, 15) is 4.79 Å². The zero-order valence-corrected chi connectivity index (χ0v) is 8.58. The minimum Gasteiger partial charge on any atom is -0.391 e. The molecule has 0 saturated heterocycles. The van der Waals surface area contributed by atoms with Gasteiger partial charge >= 0.3 is 0 Å². The fraction of sp³-hybridized carbons (Fsp3) is 0.400. The predicted octanol–water partition coefficient (Wildman–Crippen LogP) is 0.566. The molecular weight excluding hydrogens is 192 g/mol. The van der Waals surface area contributed by atoms with Gasteiger partial charge in [0.25, 0.3) is 5.56 Å². The maximum Gasteiger partial charge on any atom is 0.276 e. The molecule has 1 atom stereocenters. The molecule has 0 amide bonds. The summed E-state index contributed by atoms with van der Waals surface area (Å²) < 4.78 is 0. The summed E-state index contributed by atoms with van der Waals surface area (Å²) in [7, 11) is 0. The molecule has 5 heteroatoms. The Labute approximate surface area is 88.1 Å². The first-order valence-electron chi connectivity index (χ1n) is 4.72. The Bertz CT molecular complexity index is 418. The molecule has 4 N–H and O–H groups in total. The second-order valence-electron chi connectivity index (χ2n) is 3.15. The lowest BCUT2D eigenvalue weighted by atomic mass is 10.1. The molecule has 1 heterocycles. The molecule has 0 aliphatic carbocycles. The number of aromatic nitrogens is 2. The molecule has 0 aliphatic rings. The number of hydrogen-bond acceptors (Lipinski definition) is 4. The van der Waals surface area contributed by atoms with Gasteiger partial charge in [-0.2, -0.15) is 0 Å². The van der Waals surface area contributed by atoms with Crippen LogP contribution in [-0.2, 0) is 0 Å². The van der Waals surface area contributed by atoms with Gasteiger partial charge in [-0.15, -0.1) is 12.3 Å². The highest BCUT2D eigenvalue weighted by atomic mass is 16.1. The lowest BCUT2D eigenvalue weighted by molar-refractivity contribution is 0.711. The maximum atomic E-state index is 11.2. The fourth-order valence-electron chi connectivity index (χ4n) is 1.16. The molecule has 15 heavy (non-hydrogen) atoms. The number of hydrogen-bond donors (Lipinski definition) is 3. The van der Waals surface area contributed by atoms with Crippen molar-refractivity contribution in [3.63, 3.8) is 0 Å². The molecule has 5 nitrogen and oxygen atoms in total. The first kappa shape index (κ1) is 11.1. The van der Waals surface area contributed by atoms with Crippen molar-refractivity contribution in [3.05, 3.63) is 16.7 Å². The van der Waals surface area contributed by atoms with Gasteiger partial charge in [-0.05, 0) is 6.42 Å². The van der Waals surface area contributed by atoms with E-state index in [2.05, 4.69) is 21.2 Å². The average Bonchev–Trinajstić information content (AvgIpc) is 2.24. The highest BCUT2D eigenvalue weighted by Crippen LogP contribution is 2.11. The molecule has 0 saturated carbocycles. The lowest BCUT2D eigenvalue weighted by Crippen LogP contribution is -2.23. The predicted molar refractivity (Wildman–Crippen MR) is 60.4 cm³/mol. The molecule has 0 fully saturated rings. The minimum atomic E-state index is -0.344. The fourth-order valence-corrected chi connectivity index (χ4v) is 1.16. The van der Waals surface area contributed by atoms with Crippen LogP contribution in [0.4, 0.5) is 11.5 Å². The summed E-state index contributed by atoms with van der Waals surface area (Å²) in [6, 6.07) is 0.0894. The number of nitrogens with two attached hydrogens (primary N) is 1. The number of H-pyrrole nitrogens is 1. The van der Waals surface area contributed by atoms with Gasteiger partial charge in [0.1, 0.15) is 5.69 Å². The van der Waals surface area contributed by atoms with Crippen LogP contribution in [0.15, 0.2) is 11.1 Å². The van der Waals surface area contributed by atoms with E-state index < -0.39 is 0 Å². The number of terminal acetylenes is 1. The van der Waals surface area contributed by atoms with Gasteiger partial charge in [-0.25, -0.2) is 4.98 Å². The number of nitrogen functional groups attached to an aromatic ring is 1. The molecule has 0 spiro atoms. The molecule has 1 unspecified atom stereocenters. The Morgan fingerprint density at radius 3 is 3.13 bits per heavy atom. The van der Waals surface area contributed by atoms with Crippen LogP contribution in [0.5, 0.6) is 0 Å². The topological polar surface area (TPSA) is 83.8 Å². The smallest absolute Gasteiger partial charge is 0.276 e. The minimum absolute atomic E-state index is 0.0894. The molecule has 1 rings (SSSR count). The van der Waals surface area contributed by atoms with Gasteiger partial charge in [0.2, 0.25) is 0 Å². The van der Waals surface area contributed by atoms with Crippen LogP contribution in [0.3, 0.4) is 0 Å². The van der Waals surface area contributed by atoms with Crippen molar-refractivity contribution in [2.24, 2.45) is 0 Å². The normalized spacial score (nSPS) is 11.7. The van der Waals surface area contributed by atoms with Gasteiger partial charge in [0.15, 0.2) is 5.82 Å². The van der Waals surface area contributed by atoms with Crippen molar-refractivity contribution >= 4 is 11.5 Å². The van der Waals surface area contributed by atoms with Gasteiger partial charge < -0.3 is 16.0 Å². The third-order valence-corrected chi connectivity index (χ3v) is 2.09. The summed E-state index contributed by atoms with van der Waals surface area (Å²) in [5.74, 6) is 2.95. The van der Waals surface area contributed by atoms with E-state index in [1.165, 1.54) is 6.33 Å². The summed E-state index contributed by atoms with van der Waals surface area (Å²) >= 11 is 0. The third kappa shape index (κ3) is 2.74. The second kappa shape index (κ2) is 5.05. The van der Waals surface area contributed by atoms with Crippen molar-refractivity contribution in [3.8, 4) is 12.3 Å². The molecule has 80 valence electrons. The van der Waals surface area contributed by atoms with E-state index in [0.29, 0.717) is 12.2 Å². The van der Waals surface area contributed by atoms with Crippen molar-refractivity contribution in [1.82, 2.24) is 9.97 Å². The summed E-state index contributed by atoms with van der Waals surface area (Å²) in [6.45, 7) is 2.00. The standard InChI is InChI=1S/C10H14N4O/c1-3-5-7(4-2)14-9-8(11)10(15)13-6-12-9/h1,6-7H,4-5,11H2,2H3,(H2,12,13,14,15). The van der Waals surface area contributed by atoms with Crippen LogP contribution >= 0.6 is 0 Å². The van der Waals surface area contributed by atoms with Crippen molar-refractivity contribution in [2.45, 2.75) is 25.8 Å². The van der Waals surface area contributed by atoms with Crippen molar-refractivity contribution in [2.75, 3.05) is 11.1 Å². The molecule has 0 aliphatic heterocycles. The Kier molecular flexibility index (Phi) is 3.75. The van der Waals surface area contributed by atoms with E-state index in [-0.39, 0.29) is 17.3 Å². The monoisotopic (exact) mass is 206 g/mol. The first-order chi connectivity index (χ1) is 7.19. The summed E-state index contributed by atoms with van der Waals surface area (Å²) in [4.78, 5) is 17.5. The quantitative estimate of drug-likeness (QED) is 0.629. The van der Waals surface area contributed by atoms with E-state index in [0.717, 1.165) is 6.42 Å². The van der Waals surface area contributed by atoms with Gasteiger partial charge in [-0.1, -0.05) is 6.92 Å². The molecule has 1 aromatic rings. The Morgan fingerprint density at radius 2 is 2.53 bits per heavy atom. The van der Waals surface area contributed by atoms with E-state index >= 15 is 0 Å². The number of nitrogens with zero attached hydrogens (tertiary/aromatic N) is 1. The third-order valence-electron chi connectivity index (χ3n) is 2.09. The van der Waals surface area contributed by atoms with Crippen LogP contribution < -0.4 is 16.6 Å². The average molecular weight is 206 g/mol. The van der Waals surface area contributed by atoms with Crippen LogP contribution in [-0.4, -0.2) is 16.0 Å². The van der Waals surface area contributed by atoms with Crippen molar-refractivity contribution < 1.29 is 0 Å². The van der Waals surface area contributed by atoms with Crippen LogP contribution in [0, 0.1) is 12.3 Å².